The highest BCUT2D eigenvalue weighted by Gasteiger charge is 2.12. The molecule has 0 unspecified atom stereocenters. The maximum Gasteiger partial charge on any atom is 0.150 e. The molecule has 0 radical (unpaired) electrons. The third-order valence-corrected chi connectivity index (χ3v) is 3.26. The summed E-state index contributed by atoms with van der Waals surface area (Å²) in [6, 6.07) is 2.48. The van der Waals surface area contributed by atoms with Gasteiger partial charge in [0.15, 0.2) is 5.82 Å². The predicted octanol–water partition coefficient (Wildman–Crippen LogP) is 2.54. The quantitative estimate of drug-likeness (QED) is 0.844. The maximum absolute atomic E-state index is 5.61. The molecule has 2 rings (SSSR count). The Bertz CT molecular complexity index is 542. The Balaban J connectivity index is 2.13. The molecule has 0 aliphatic rings. The van der Waals surface area contributed by atoms with Gasteiger partial charge in [0.1, 0.15) is 18.1 Å². The first-order chi connectivity index (χ1) is 9.63. The summed E-state index contributed by atoms with van der Waals surface area (Å²) >= 11 is 0. The summed E-state index contributed by atoms with van der Waals surface area (Å²) in [6.07, 6.45) is 3.49. The molecule has 0 aliphatic heterocycles. The fourth-order valence-electron chi connectivity index (χ4n) is 2.08. The van der Waals surface area contributed by atoms with E-state index >= 15 is 0 Å². The Hall–Kier alpha value is -1.62. The summed E-state index contributed by atoms with van der Waals surface area (Å²) in [6.45, 7) is 9.92. The van der Waals surface area contributed by atoms with Crippen molar-refractivity contribution in [2.45, 2.75) is 59.7 Å². The highest BCUT2D eigenvalue weighted by atomic mass is 16.3. The van der Waals surface area contributed by atoms with Crippen molar-refractivity contribution in [1.82, 2.24) is 20.1 Å². The largest absolute Gasteiger partial charge is 0.467 e. The second-order valence-corrected chi connectivity index (χ2v) is 5.21. The summed E-state index contributed by atoms with van der Waals surface area (Å²) in [7, 11) is 0. The number of aryl methyl sites for hydroxylation is 2. The van der Waals surface area contributed by atoms with E-state index in [1.165, 1.54) is 5.56 Å². The van der Waals surface area contributed by atoms with Crippen LogP contribution in [0.25, 0.3) is 0 Å². The van der Waals surface area contributed by atoms with Gasteiger partial charge in [-0.3, -0.25) is 0 Å². The second kappa shape index (κ2) is 6.70. The molecule has 1 N–H and O–H groups in total. The van der Waals surface area contributed by atoms with E-state index in [4.69, 9.17) is 4.42 Å². The molecule has 0 saturated carbocycles. The molecule has 0 fully saturated rings. The predicted molar refractivity (Wildman–Crippen MR) is 78.6 cm³/mol. The minimum Gasteiger partial charge on any atom is -0.467 e. The third-order valence-electron chi connectivity index (χ3n) is 3.26. The monoisotopic (exact) mass is 276 g/mol. The van der Waals surface area contributed by atoms with E-state index in [9.17, 15) is 0 Å². The molecule has 0 amide bonds. The molecule has 5 nitrogen and oxygen atoms in total. The van der Waals surface area contributed by atoms with Gasteiger partial charge < -0.3 is 9.73 Å². The van der Waals surface area contributed by atoms with Crippen molar-refractivity contribution in [2.24, 2.45) is 0 Å². The first kappa shape index (κ1) is 14.8. The topological polar surface area (TPSA) is 55.9 Å². The summed E-state index contributed by atoms with van der Waals surface area (Å²) in [5.74, 6) is 2.87. The van der Waals surface area contributed by atoms with Crippen molar-refractivity contribution in [3.8, 4) is 0 Å². The van der Waals surface area contributed by atoms with Crippen LogP contribution < -0.4 is 5.32 Å². The van der Waals surface area contributed by atoms with Crippen molar-refractivity contribution >= 4 is 0 Å². The number of hydrogen-bond donors (Lipinski definition) is 1. The lowest BCUT2D eigenvalue weighted by Gasteiger charge is -2.08. The Morgan fingerprint density at radius 2 is 2.10 bits per heavy atom. The van der Waals surface area contributed by atoms with Gasteiger partial charge in [-0.25, -0.2) is 9.67 Å². The molecule has 0 atom stereocenters. The highest BCUT2D eigenvalue weighted by Crippen LogP contribution is 2.13. The van der Waals surface area contributed by atoms with E-state index in [0.717, 1.165) is 36.8 Å². The lowest BCUT2D eigenvalue weighted by atomic mass is 10.2. The molecule has 2 heterocycles. The fourth-order valence-corrected chi connectivity index (χ4v) is 2.08. The van der Waals surface area contributed by atoms with Crippen molar-refractivity contribution in [1.29, 1.82) is 0 Å². The molecule has 5 heteroatoms. The molecular weight excluding hydrogens is 252 g/mol. The Kier molecular flexibility index (Phi) is 4.95. The molecule has 20 heavy (non-hydrogen) atoms. The van der Waals surface area contributed by atoms with Crippen LogP contribution in [-0.2, 0) is 25.9 Å². The van der Waals surface area contributed by atoms with Gasteiger partial charge in [0, 0.05) is 31.0 Å². The first-order valence-corrected chi connectivity index (χ1v) is 7.35. The van der Waals surface area contributed by atoms with Gasteiger partial charge in [-0.05, 0) is 6.07 Å². The number of nitrogens with one attached hydrogen (secondary N) is 1. The van der Waals surface area contributed by atoms with Gasteiger partial charge in [-0.2, -0.15) is 5.10 Å². The Morgan fingerprint density at radius 1 is 1.30 bits per heavy atom. The van der Waals surface area contributed by atoms with Crippen LogP contribution in [0.3, 0.4) is 0 Å². The average Bonchev–Trinajstić information content (AvgIpc) is 3.03. The van der Waals surface area contributed by atoms with Crippen LogP contribution in [-0.4, -0.2) is 20.8 Å². The van der Waals surface area contributed by atoms with Crippen LogP contribution in [0.1, 0.15) is 50.7 Å². The number of hydrogen-bond acceptors (Lipinski definition) is 4. The Morgan fingerprint density at radius 3 is 2.75 bits per heavy atom. The summed E-state index contributed by atoms with van der Waals surface area (Å²) in [4.78, 5) is 4.53. The van der Waals surface area contributed by atoms with E-state index < -0.39 is 0 Å². The van der Waals surface area contributed by atoms with Crippen LogP contribution in [0.4, 0.5) is 0 Å². The van der Waals surface area contributed by atoms with Crippen molar-refractivity contribution in [2.75, 3.05) is 0 Å². The van der Waals surface area contributed by atoms with Crippen LogP contribution in [0.5, 0.6) is 0 Å². The fraction of sp³-hybridized carbons (Fsp3) is 0.600. The third kappa shape index (κ3) is 3.48. The zero-order valence-corrected chi connectivity index (χ0v) is 12.8. The van der Waals surface area contributed by atoms with Gasteiger partial charge in [0.25, 0.3) is 0 Å². The van der Waals surface area contributed by atoms with E-state index in [0.29, 0.717) is 12.6 Å². The molecule has 0 bridgehead atoms. The zero-order valence-electron chi connectivity index (χ0n) is 12.8. The van der Waals surface area contributed by atoms with E-state index in [-0.39, 0.29) is 0 Å². The molecule has 0 aliphatic carbocycles. The van der Waals surface area contributed by atoms with Crippen LogP contribution in [0.15, 0.2) is 16.7 Å². The molecule has 0 spiro atoms. The normalized spacial score (nSPS) is 11.4. The standard InChI is InChI=1S/C15H24N4O/c1-5-14-17-15(6-2)19(18-14)10-13-12(7-8-20-13)9-16-11(3)4/h7-8,11,16H,5-6,9-10H2,1-4H3. The van der Waals surface area contributed by atoms with E-state index in [1.807, 2.05) is 10.7 Å². The lowest BCUT2D eigenvalue weighted by molar-refractivity contribution is 0.463. The first-order valence-electron chi connectivity index (χ1n) is 7.35. The molecule has 0 saturated heterocycles. The molecule has 2 aromatic rings. The molecule has 2 aromatic heterocycles. The van der Waals surface area contributed by atoms with Gasteiger partial charge in [-0.15, -0.1) is 0 Å². The summed E-state index contributed by atoms with van der Waals surface area (Å²) in [5.41, 5.74) is 1.19. The SMILES string of the molecule is CCc1nc(CC)n(Cc2occc2CNC(C)C)n1. The summed E-state index contributed by atoms with van der Waals surface area (Å²) in [5, 5.41) is 7.95. The average molecular weight is 276 g/mol. The number of rotatable bonds is 7. The number of aromatic nitrogens is 3. The van der Waals surface area contributed by atoms with E-state index in [1.54, 1.807) is 6.26 Å². The van der Waals surface area contributed by atoms with Crippen molar-refractivity contribution < 1.29 is 4.42 Å². The van der Waals surface area contributed by atoms with Crippen LogP contribution in [0, 0.1) is 0 Å². The number of nitrogens with zero attached hydrogens (tertiary/aromatic N) is 3. The second-order valence-electron chi connectivity index (χ2n) is 5.21. The van der Waals surface area contributed by atoms with Gasteiger partial charge >= 0.3 is 0 Å². The van der Waals surface area contributed by atoms with Crippen LogP contribution in [0.2, 0.25) is 0 Å². The molecule has 110 valence electrons. The van der Waals surface area contributed by atoms with Crippen LogP contribution >= 0.6 is 0 Å². The summed E-state index contributed by atoms with van der Waals surface area (Å²) < 4.78 is 7.57. The maximum atomic E-state index is 5.61. The van der Waals surface area contributed by atoms with Gasteiger partial charge in [-0.1, -0.05) is 27.7 Å². The van der Waals surface area contributed by atoms with Gasteiger partial charge in [0.05, 0.1) is 6.26 Å². The van der Waals surface area contributed by atoms with Crippen molar-refractivity contribution in [3.05, 3.63) is 35.3 Å². The smallest absolute Gasteiger partial charge is 0.150 e. The molecular formula is C15H24N4O. The highest BCUT2D eigenvalue weighted by molar-refractivity contribution is 5.17. The minimum atomic E-state index is 0.460. The lowest BCUT2D eigenvalue weighted by Crippen LogP contribution is -2.22. The van der Waals surface area contributed by atoms with Gasteiger partial charge in [0.2, 0.25) is 0 Å². The van der Waals surface area contributed by atoms with E-state index in [2.05, 4.69) is 43.1 Å². The minimum absolute atomic E-state index is 0.460. The zero-order chi connectivity index (χ0) is 14.5. The number of furan rings is 1. The Labute approximate surface area is 120 Å². The van der Waals surface area contributed by atoms with Crippen molar-refractivity contribution in [3.63, 3.8) is 0 Å². The molecule has 0 aromatic carbocycles.